The summed E-state index contributed by atoms with van der Waals surface area (Å²) in [5.41, 5.74) is 5.35. The molecule has 20 heavy (non-hydrogen) atoms. The van der Waals surface area contributed by atoms with Crippen LogP contribution in [0.1, 0.15) is 39.2 Å². The minimum atomic E-state index is -0.890. The van der Waals surface area contributed by atoms with Crippen LogP contribution in [0, 0.1) is 0 Å². The topological polar surface area (TPSA) is 90.9 Å². The molecule has 0 bridgehead atoms. The van der Waals surface area contributed by atoms with Crippen molar-refractivity contribution >= 4 is 5.84 Å². The summed E-state index contributed by atoms with van der Waals surface area (Å²) in [7, 11) is 0. The normalized spacial score (nSPS) is 15.2. The molecule has 0 saturated heterocycles. The van der Waals surface area contributed by atoms with Crippen molar-refractivity contribution in [1.29, 1.82) is 0 Å². The lowest BCUT2D eigenvalue weighted by atomic mass is 9.85. The van der Waals surface area contributed by atoms with Gasteiger partial charge in [-0.05, 0) is 33.3 Å². The smallest absolute Gasteiger partial charge is 0.147 e. The fraction of sp³-hybridized carbons (Fsp3) is 0.533. The van der Waals surface area contributed by atoms with Gasteiger partial charge in [0.1, 0.15) is 5.84 Å². The van der Waals surface area contributed by atoms with Crippen LogP contribution in [0.4, 0.5) is 0 Å². The third-order valence-corrected chi connectivity index (χ3v) is 3.95. The third kappa shape index (κ3) is 3.95. The molecule has 1 aromatic carbocycles. The van der Waals surface area contributed by atoms with Crippen LogP contribution in [0.3, 0.4) is 0 Å². The molecule has 5 heteroatoms. The van der Waals surface area contributed by atoms with E-state index in [0.29, 0.717) is 6.54 Å². The quantitative estimate of drug-likeness (QED) is 0.276. The fourth-order valence-corrected chi connectivity index (χ4v) is 1.72. The second kappa shape index (κ2) is 6.24. The predicted octanol–water partition coefficient (Wildman–Crippen LogP) is 1.66. The minimum absolute atomic E-state index is 0.148. The van der Waals surface area contributed by atoms with Crippen LogP contribution in [0.25, 0.3) is 0 Å². The lowest BCUT2D eigenvalue weighted by molar-refractivity contribution is -0.00439. The lowest BCUT2D eigenvalue weighted by Crippen LogP contribution is -2.57. The first-order chi connectivity index (χ1) is 9.19. The summed E-state index contributed by atoms with van der Waals surface area (Å²) in [6, 6.07) is 9.60. The Morgan fingerprint density at radius 2 is 1.80 bits per heavy atom. The highest BCUT2D eigenvalue weighted by molar-refractivity contribution is 5.87. The van der Waals surface area contributed by atoms with Crippen LogP contribution in [0.15, 0.2) is 35.5 Å². The van der Waals surface area contributed by atoms with Crippen LogP contribution < -0.4 is 11.1 Å². The van der Waals surface area contributed by atoms with E-state index in [9.17, 15) is 5.11 Å². The molecule has 5 N–H and O–H groups in total. The van der Waals surface area contributed by atoms with Crippen LogP contribution >= 0.6 is 0 Å². The standard InChI is InChI=1S/C15H25N3O2/c1-14(2,15(3,4)19)17-10-12(13(16)18-20)11-8-6-5-7-9-11/h5-9,12,17,19-20H,10H2,1-4H3,(H2,16,18). The Morgan fingerprint density at radius 3 is 2.25 bits per heavy atom. The highest BCUT2D eigenvalue weighted by atomic mass is 16.4. The SMILES string of the molecule is CC(C)(O)C(C)(C)NCC(/C(N)=N/O)c1ccccc1. The van der Waals surface area contributed by atoms with Gasteiger partial charge in [-0.15, -0.1) is 0 Å². The van der Waals surface area contributed by atoms with Gasteiger partial charge in [0.25, 0.3) is 0 Å². The van der Waals surface area contributed by atoms with E-state index < -0.39 is 11.1 Å². The summed E-state index contributed by atoms with van der Waals surface area (Å²) in [5.74, 6) is -0.0990. The predicted molar refractivity (Wildman–Crippen MR) is 81.0 cm³/mol. The zero-order chi connectivity index (χ0) is 15.4. The van der Waals surface area contributed by atoms with Gasteiger partial charge < -0.3 is 21.4 Å². The Labute approximate surface area is 120 Å². The van der Waals surface area contributed by atoms with Gasteiger partial charge in [0.2, 0.25) is 0 Å². The summed E-state index contributed by atoms with van der Waals surface area (Å²) in [5, 5.41) is 25.5. The van der Waals surface area contributed by atoms with Gasteiger partial charge in [-0.3, -0.25) is 0 Å². The van der Waals surface area contributed by atoms with Crippen molar-refractivity contribution in [3.05, 3.63) is 35.9 Å². The Morgan fingerprint density at radius 1 is 1.25 bits per heavy atom. The van der Waals surface area contributed by atoms with Gasteiger partial charge in [0, 0.05) is 12.1 Å². The van der Waals surface area contributed by atoms with E-state index in [-0.39, 0.29) is 11.8 Å². The number of nitrogens with zero attached hydrogens (tertiary/aromatic N) is 1. The Kier molecular flexibility index (Phi) is 5.14. The number of hydrogen-bond acceptors (Lipinski definition) is 4. The van der Waals surface area contributed by atoms with E-state index in [1.165, 1.54) is 0 Å². The van der Waals surface area contributed by atoms with Crippen molar-refractivity contribution in [3.63, 3.8) is 0 Å². The fourth-order valence-electron chi connectivity index (χ4n) is 1.72. The molecule has 0 heterocycles. The van der Waals surface area contributed by atoms with Crippen LogP contribution in [-0.4, -0.2) is 33.8 Å². The Bertz CT molecular complexity index is 450. The van der Waals surface area contributed by atoms with Crippen molar-refractivity contribution in [1.82, 2.24) is 5.32 Å². The largest absolute Gasteiger partial charge is 0.409 e. The number of amidine groups is 1. The lowest BCUT2D eigenvalue weighted by Gasteiger charge is -2.39. The number of benzene rings is 1. The first-order valence-corrected chi connectivity index (χ1v) is 6.69. The van der Waals surface area contributed by atoms with E-state index in [4.69, 9.17) is 10.9 Å². The van der Waals surface area contributed by atoms with Gasteiger partial charge in [0.05, 0.1) is 11.5 Å². The second-order valence-corrected chi connectivity index (χ2v) is 6.05. The van der Waals surface area contributed by atoms with Gasteiger partial charge >= 0.3 is 0 Å². The van der Waals surface area contributed by atoms with Crippen LogP contribution in [0.5, 0.6) is 0 Å². The van der Waals surface area contributed by atoms with Crippen LogP contribution in [0.2, 0.25) is 0 Å². The molecule has 1 unspecified atom stereocenters. The molecule has 0 fully saturated rings. The first kappa shape index (κ1) is 16.5. The molecule has 0 spiro atoms. The Hall–Kier alpha value is -1.59. The van der Waals surface area contributed by atoms with Crippen molar-refractivity contribution in [3.8, 4) is 0 Å². The highest BCUT2D eigenvalue weighted by Crippen LogP contribution is 2.22. The summed E-state index contributed by atoms with van der Waals surface area (Å²) < 4.78 is 0. The summed E-state index contributed by atoms with van der Waals surface area (Å²) in [4.78, 5) is 0. The summed E-state index contributed by atoms with van der Waals surface area (Å²) in [6.07, 6.45) is 0. The number of oxime groups is 1. The molecule has 1 atom stereocenters. The molecule has 0 aliphatic carbocycles. The maximum absolute atomic E-state index is 10.2. The number of aliphatic hydroxyl groups is 1. The summed E-state index contributed by atoms with van der Waals surface area (Å²) in [6.45, 7) is 7.81. The van der Waals surface area contributed by atoms with Crippen molar-refractivity contribution in [2.24, 2.45) is 10.9 Å². The average molecular weight is 279 g/mol. The van der Waals surface area contributed by atoms with Crippen LogP contribution in [-0.2, 0) is 0 Å². The zero-order valence-corrected chi connectivity index (χ0v) is 12.6. The molecule has 112 valence electrons. The van der Waals surface area contributed by atoms with Gasteiger partial charge in [-0.1, -0.05) is 35.5 Å². The monoisotopic (exact) mass is 279 g/mol. The Balaban J connectivity index is 2.89. The number of nitrogens with two attached hydrogens (primary N) is 1. The number of rotatable bonds is 6. The maximum Gasteiger partial charge on any atom is 0.147 e. The molecular formula is C15H25N3O2. The third-order valence-electron chi connectivity index (χ3n) is 3.95. The van der Waals surface area contributed by atoms with Crippen molar-refractivity contribution in [2.45, 2.75) is 44.8 Å². The molecule has 1 rings (SSSR count). The molecule has 0 amide bonds. The highest BCUT2D eigenvalue weighted by Gasteiger charge is 2.35. The molecule has 5 nitrogen and oxygen atoms in total. The van der Waals surface area contributed by atoms with E-state index in [1.54, 1.807) is 13.8 Å². The number of nitrogens with one attached hydrogen (secondary N) is 1. The first-order valence-electron chi connectivity index (χ1n) is 6.69. The molecule has 0 saturated carbocycles. The molecule has 0 aromatic heterocycles. The van der Waals surface area contributed by atoms with Gasteiger partial charge in [-0.2, -0.15) is 0 Å². The molecule has 0 aliphatic heterocycles. The van der Waals surface area contributed by atoms with E-state index in [0.717, 1.165) is 5.56 Å². The van der Waals surface area contributed by atoms with Gasteiger partial charge in [-0.25, -0.2) is 0 Å². The minimum Gasteiger partial charge on any atom is -0.409 e. The van der Waals surface area contributed by atoms with Gasteiger partial charge in [0.15, 0.2) is 0 Å². The van der Waals surface area contributed by atoms with E-state index >= 15 is 0 Å². The second-order valence-electron chi connectivity index (χ2n) is 6.05. The molecule has 0 radical (unpaired) electrons. The van der Waals surface area contributed by atoms with Crippen molar-refractivity contribution < 1.29 is 10.3 Å². The molecule has 1 aromatic rings. The maximum atomic E-state index is 10.2. The molecular weight excluding hydrogens is 254 g/mol. The van der Waals surface area contributed by atoms with Crippen molar-refractivity contribution in [2.75, 3.05) is 6.54 Å². The summed E-state index contributed by atoms with van der Waals surface area (Å²) >= 11 is 0. The molecule has 0 aliphatic rings. The van der Waals surface area contributed by atoms with E-state index in [1.807, 2.05) is 44.2 Å². The zero-order valence-electron chi connectivity index (χ0n) is 12.6. The number of hydrogen-bond donors (Lipinski definition) is 4. The average Bonchev–Trinajstić information content (AvgIpc) is 2.38. The van der Waals surface area contributed by atoms with E-state index in [2.05, 4.69) is 10.5 Å².